The largest absolute Gasteiger partial charge is 0.330 e. The van der Waals surface area contributed by atoms with Crippen LogP contribution in [0.15, 0.2) is 22.7 Å². The van der Waals surface area contributed by atoms with Gasteiger partial charge in [0.2, 0.25) is 5.91 Å². The van der Waals surface area contributed by atoms with Crippen molar-refractivity contribution in [2.75, 3.05) is 11.9 Å². The van der Waals surface area contributed by atoms with Crippen molar-refractivity contribution >= 4 is 27.5 Å². The Balaban J connectivity index is 2.72. The SMILES string of the molecule is NCCC(=O)Nc1ccc(F)cc1Br. The lowest BCUT2D eigenvalue weighted by Gasteiger charge is -2.06. The van der Waals surface area contributed by atoms with E-state index >= 15 is 0 Å². The third kappa shape index (κ3) is 3.08. The molecular weight excluding hydrogens is 251 g/mol. The fourth-order valence-corrected chi connectivity index (χ4v) is 1.38. The van der Waals surface area contributed by atoms with Gasteiger partial charge in [0.05, 0.1) is 5.69 Å². The Kier molecular flexibility index (Phi) is 4.03. The van der Waals surface area contributed by atoms with Gasteiger partial charge in [-0.25, -0.2) is 4.39 Å². The fourth-order valence-electron chi connectivity index (χ4n) is 0.935. The minimum absolute atomic E-state index is 0.181. The van der Waals surface area contributed by atoms with E-state index in [1.54, 1.807) is 0 Å². The van der Waals surface area contributed by atoms with E-state index in [0.29, 0.717) is 16.7 Å². The predicted molar refractivity (Wildman–Crippen MR) is 56.4 cm³/mol. The number of carbonyl (C=O) groups excluding carboxylic acids is 1. The topological polar surface area (TPSA) is 55.1 Å². The van der Waals surface area contributed by atoms with Gasteiger partial charge in [-0.3, -0.25) is 4.79 Å². The van der Waals surface area contributed by atoms with Crippen LogP contribution in [0.5, 0.6) is 0 Å². The second-order valence-corrected chi connectivity index (χ2v) is 3.57. The monoisotopic (exact) mass is 260 g/mol. The summed E-state index contributed by atoms with van der Waals surface area (Å²) < 4.78 is 13.2. The number of hydrogen-bond donors (Lipinski definition) is 2. The molecule has 1 rings (SSSR count). The van der Waals surface area contributed by atoms with Gasteiger partial charge in [-0.05, 0) is 34.1 Å². The van der Waals surface area contributed by atoms with Gasteiger partial charge in [-0.15, -0.1) is 0 Å². The molecule has 0 heterocycles. The van der Waals surface area contributed by atoms with Gasteiger partial charge in [0.15, 0.2) is 0 Å². The van der Waals surface area contributed by atoms with Crippen LogP contribution in [0, 0.1) is 5.82 Å². The van der Waals surface area contributed by atoms with Gasteiger partial charge >= 0.3 is 0 Å². The van der Waals surface area contributed by atoms with Gasteiger partial charge in [0.25, 0.3) is 0 Å². The van der Waals surface area contributed by atoms with Crippen LogP contribution in [-0.4, -0.2) is 12.5 Å². The molecule has 76 valence electrons. The van der Waals surface area contributed by atoms with Gasteiger partial charge in [-0.1, -0.05) is 0 Å². The summed E-state index contributed by atoms with van der Waals surface area (Å²) in [6.45, 7) is 0.296. The molecular formula is C9H10BrFN2O. The van der Waals surface area contributed by atoms with E-state index in [-0.39, 0.29) is 18.1 Å². The Morgan fingerprint density at radius 3 is 2.86 bits per heavy atom. The maximum atomic E-state index is 12.7. The molecule has 0 atom stereocenters. The third-order valence-corrected chi connectivity index (χ3v) is 2.23. The Labute approximate surface area is 89.6 Å². The molecule has 0 spiro atoms. The van der Waals surface area contributed by atoms with Crippen molar-refractivity contribution in [3.05, 3.63) is 28.5 Å². The molecule has 0 aliphatic heterocycles. The number of halogens is 2. The smallest absolute Gasteiger partial charge is 0.225 e. The van der Waals surface area contributed by atoms with E-state index in [2.05, 4.69) is 21.2 Å². The molecule has 0 bridgehead atoms. The van der Waals surface area contributed by atoms with Crippen LogP contribution in [0.1, 0.15) is 6.42 Å². The van der Waals surface area contributed by atoms with E-state index in [1.165, 1.54) is 18.2 Å². The molecule has 0 fully saturated rings. The quantitative estimate of drug-likeness (QED) is 0.872. The number of nitrogens with one attached hydrogen (secondary N) is 1. The van der Waals surface area contributed by atoms with Crippen LogP contribution < -0.4 is 11.1 Å². The number of hydrogen-bond acceptors (Lipinski definition) is 2. The highest BCUT2D eigenvalue weighted by Gasteiger charge is 2.04. The molecule has 3 nitrogen and oxygen atoms in total. The Bertz CT molecular complexity index is 344. The highest BCUT2D eigenvalue weighted by atomic mass is 79.9. The van der Waals surface area contributed by atoms with Gasteiger partial charge in [0, 0.05) is 17.4 Å². The molecule has 0 saturated carbocycles. The van der Waals surface area contributed by atoms with Crippen LogP contribution in [0.4, 0.5) is 10.1 Å². The average molecular weight is 261 g/mol. The van der Waals surface area contributed by atoms with E-state index in [4.69, 9.17) is 5.73 Å². The Morgan fingerprint density at radius 1 is 1.57 bits per heavy atom. The first-order valence-corrected chi connectivity index (χ1v) is 4.87. The minimum atomic E-state index is -0.353. The van der Waals surface area contributed by atoms with Crippen LogP contribution in [0.2, 0.25) is 0 Å². The highest BCUT2D eigenvalue weighted by Crippen LogP contribution is 2.22. The number of rotatable bonds is 3. The minimum Gasteiger partial charge on any atom is -0.330 e. The molecule has 1 amide bonds. The van der Waals surface area contributed by atoms with E-state index in [1.807, 2.05) is 0 Å². The van der Waals surface area contributed by atoms with Gasteiger partial charge in [0.1, 0.15) is 5.82 Å². The normalized spacial score (nSPS) is 9.93. The molecule has 0 saturated heterocycles. The number of carbonyl (C=O) groups is 1. The van der Waals surface area contributed by atoms with Gasteiger partial charge in [-0.2, -0.15) is 0 Å². The summed E-state index contributed by atoms with van der Waals surface area (Å²) in [5.74, 6) is -0.534. The summed E-state index contributed by atoms with van der Waals surface area (Å²) in [5.41, 5.74) is 5.76. The maximum Gasteiger partial charge on any atom is 0.225 e. The summed E-state index contributed by atoms with van der Waals surface area (Å²) in [5, 5.41) is 2.61. The van der Waals surface area contributed by atoms with Crippen molar-refractivity contribution in [3.8, 4) is 0 Å². The summed E-state index contributed by atoms with van der Waals surface area (Å²) in [6.07, 6.45) is 0.254. The molecule has 0 radical (unpaired) electrons. The zero-order valence-corrected chi connectivity index (χ0v) is 8.97. The summed E-state index contributed by atoms with van der Waals surface area (Å²) >= 11 is 3.14. The van der Waals surface area contributed by atoms with Crippen LogP contribution in [0.25, 0.3) is 0 Å². The van der Waals surface area contributed by atoms with Gasteiger partial charge < -0.3 is 11.1 Å². The fraction of sp³-hybridized carbons (Fsp3) is 0.222. The van der Waals surface area contributed by atoms with Crippen molar-refractivity contribution < 1.29 is 9.18 Å². The van der Waals surface area contributed by atoms with Crippen molar-refractivity contribution in [2.24, 2.45) is 5.73 Å². The third-order valence-electron chi connectivity index (χ3n) is 1.58. The molecule has 14 heavy (non-hydrogen) atoms. The van der Waals surface area contributed by atoms with E-state index < -0.39 is 0 Å². The molecule has 1 aromatic rings. The Morgan fingerprint density at radius 2 is 2.29 bits per heavy atom. The van der Waals surface area contributed by atoms with Crippen LogP contribution in [0.3, 0.4) is 0 Å². The zero-order valence-electron chi connectivity index (χ0n) is 7.39. The zero-order chi connectivity index (χ0) is 10.6. The average Bonchev–Trinajstić information content (AvgIpc) is 2.10. The van der Waals surface area contributed by atoms with Crippen molar-refractivity contribution in [2.45, 2.75) is 6.42 Å². The second-order valence-electron chi connectivity index (χ2n) is 2.71. The molecule has 0 aliphatic rings. The first-order valence-electron chi connectivity index (χ1n) is 4.08. The van der Waals surface area contributed by atoms with Crippen molar-refractivity contribution in [1.82, 2.24) is 0 Å². The predicted octanol–water partition coefficient (Wildman–Crippen LogP) is 1.88. The standard InChI is InChI=1S/C9H10BrFN2O/c10-7-5-6(11)1-2-8(7)13-9(14)3-4-12/h1-2,5H,3-4,12H2,(H,13,14). The number of nitrogens with two attached hydrogens (primary N) is 1. The number of benzene rings is 1. The van der Waals surface area contributed by atoms with Crippen LogP contribution in [-0.2, 0) is 4.79 Å². The Hall–Kier alpha value is -0.940. The van der Waals surface area contributed by atoms with Crippen molar-refractivity contribution in [3.63, 3.8) is 0 Å². The van der Waals surface area contributed by atoms with E-state index in [9.17, 15) is 9.18 Å². The lowest BCUT2D eigenvalue weighted by atomic mass is 10.3. The first kappa shape index (κ1) is 11.1. The first-order chi connectivity index (χ1) is 6.63. The molecule has 3 N–H and O–H groups in total. The van der Waals surface area contributed by atoms with Crippen LogP contribution >= 0.6 is 15.9 Å². The maximum absolute atomic E-state index is 12.7. The number of anilines is 1. The molecule has 0 aromatic heterocycles. The lowest BCUT2D eigenvalue weighted by Crippen LogP contribution is -2.16. The molecule has 0 aliphatic carbocycles. The van der Waals surface area contributed by atoms with Crippen molar-refractivity contribution in [1.29, 1.82) is 0 Å². The highest BCUT2D eigenvalue weighted by molar-refractivity contribution is 9.10. The summed E-state index contributed by atoms with van der Waals surface area (Å²) in [4.78, 5) is 11.1. The summed E-state index contributed by atoms with van der Waals surface area (Å²) in [7, 11) is 0. The molecule has 0 unspecified atom stereocenters. The lowest BCUT2D eigenvalue weighted by molar-refractivity contribution is -0.116. The molecule has 1 aromatic carbocycles. The summed E-state index contributed by atoms with van der Waals surface area (Å²) in [6, 6.07) is 4.06. The number of amides is 1. The second kappa shape index (κ2) is 5.07. The van der Waals surface area contributed by atoms with E-state index in [0.717, 1.165) is 0 Å². The molecule has 5 heteroatoms.